The number of rotatable bonds is 3. The molecule has 0 fully saturated rings. The first kappa shape index (κ1) is 13.1. The van der Waals surface area contributed by atoms with Gasteiger partial charge in [-0.2, -0.15) is 0 Å². The predicted octanol–water partition coefficient (Wildman–Crippen LogP) is 3.15. The normalized spacial score (nSPS) is 16.9. The fourth-order valence-corrected chi connectivity index (χ4v) is 2.60. The van der Waals surface area contributed by atoms with Crippen LogP contribution in [0.4, 0.5) is 8.78 Å². The molecule has 2 nitrogen and oxygen atoms in total. The molecule has 0 radical (unpaired) electrons. The lowest BCUT2D eigenvalue weighted by molar-refractivity contribution is 0.232. The van der Waals surface area contributed by atoms with E-state index < -0.39 is 11.6 Å². The summed E-state index contributed by atoms with van der Waals surface area (Å²) in [6, 6.07) is 9.27. The van der Waals surface area contributed by atoms with Gasteiger partial charge in [0.2, 0.25) is 0 Å². The number of ether oxygens (including phenoxy) is 1. The minimum Gasteiger partial charge on any atom is -0.488 e. The third-order valence-corrected chi connectivity index (χ3v) is 3.48. The van der Waals surface area contributed by atoms with Gasteiger partial charge in [0.05, 0.1) is 0 Å². The molecule has 3 rings (SSSR count). The summed E-state index contributed by atoms with van der Waals surface area (Å²) in [5.74, 6) is -0.440. The van der Waals surface area contributed by atoms with Crippen molar-refractivity contribution in [1.29, 1.82) is 0 Å². The molecular formula is C16H15F2NO. The van der Waals surface area contributed by atoms with E-state index in [0.717, 1.165) is 24.6 Å². The number of halogens is 2. The quantitative estimate of drug-likeness (QED) is 0.929. The number of nitrogens with one attached hydrogen (secondary N) is 1. The molecule has 104 valence electrons. The van der Waals surface area contributed by atoms with Crippen LogP contribution < -0.4 is 10.1 Å². The first-order valence-corrected chi connectivity index (χ1v) is 6.57. The topological polar surface area (TPSA) is 21.3 Å². The Kier molecular flexibility index (Phi) is 3.40. The largest absolute Gasteiger partial charge is 0.488 e. The summed E-state index contributed by atoms with van der Waals surface area (Å²) in [5.41, 5.74) is 2.11. The maximum absolute atomic E-state index is 13.9. The molecule has 4 heteroatoms. The van der Waals surface area contributed by atoms with Gasteiger partial charge in [0.25, 0.3) is 0 Å². The van der Waals surface area contributed by atoms with Crippen LogP contribution in [-0.4, -0.2) is 19.7 Å². The second-order valence-electron chi connectivity index (χ2n) is 4.92. The summed E-state index contributed by atoms with van der Waals surface area (Å²) < 4.78 is 32.9. The molecule has 0 saturated carbocycles. The highest BCUT2D eigenvalue weighted by Crippen LogP contribution is 2.39. The van der Waals surface area contributed by atoms with Crippen molar-refractivity contribution in [3.05, 3.63) is 53.6 Å². The minimum atomic E-state index is -0.576. The summed E-state index contributed by atoms with van der Waals surface area (Å²) in [6.07, 6.45) is 0.854. The third-order valence-electron chi connectivity index (χ3n) is 3.48. The molecule has 1 unspecified atom stereocenters. The van der Waals surface area contributed by atoms with Gasteiger partial charge in [-0.1, -0.05) is 18.2 Å². The molecular weight excluding hydrogens is 260 g/mol. The highest BCUT2D eigenvalue weighted by atomic mass is 19.1. The molecule has 0 saturated heterocycles. The summed E-state index contributed by atoms with van der Waals surface area (Å²) in [7, 11) is 1.87. The van der Waals surface area contributed by atoms with Crippen molar-refractivity contribution in [3.8, 4) is 16.9 Å². The SMILES string of the molecule is CNCC1Cc2cccc(-c3ccc(F)cc3F)c2O1. The van der Waals surface area contributed by atoms with Gasteiger partial charge in [-0.3, -0.25) is 0 Å². The van der Waals surface area contributed by atoms with Crippen molar-refractivity contribution in [2.75, 3.05) is 13.6 Å². The third kappa shape index (κ3) is 2.27. The average molecular weight is 275 g/mol. The average Bonchev–Trinajstić information content (AvgIpc) is 2.82. The second-order valence-corrected chi connectivity index (χ2v) is 4.92. The first-order chi connectivity index (χ1) is 9.69. The number of hydrogen-bond donors (Lipinski definition) is 1. The van der Waals surface area contributed by atoms with Crippen LogP contribution >= 0.6 is 0 Å². The molecule has 0 aliphatic carbocycles. The molecule has 0 aromatic heterocycles. The van der Waals surface area contributed by atoms with E-state index in [2.05, 4.69) is 5.32 Å². The van der Waals surface area contributed by atoms with Crippen LogP contribution in [0.5, 0.6) is 5.75 Å². The van der Waals surface area contributed by atoms with Gasteiger partial charge in [-0.15, -0.1) is 0 Å². The van der Waals surface area contributed by atoms with Gasteiger partial charge in [-0.25, -0.2) is 8.78 Å². The standard InChI is InChI=1S/C16H15F2NO/c1-19-9-12-7-10-3-2-4-14(16(10)20-12)13-6-5-11(17)8-15(13)18/h2-6,8,12,19H,7,9H2,1H3. The highest BCUT2D eigenvalue weighted by Gasteiger charge is 2.25. The van der Waals surface area contributed by atoms with Gasteiger partial charge in [0.15, 0.2) is 0 Å². The Morgan fingerprint density at radius 3 is 2.80 bits per heavy atom. The maximum Gasteiger partial charge on any atom is 0.134 e. The summed E-state index contributed by atoms with van der Waals surface area (Å²) >= 11 is 0. The zero-order valence-corrected chi connectivity index (χ0v) is 11.1. The van der Waals surface area contributed by atoms with E-state index in [4.69, 9.17) is 4.74 Å². The molecule has 2 aromatic carbocycles. The molecule has 1 N–H and O–H groups in total. The molecule has 20 heavy (non-hydrogen) atoms. The molecule has 0 amide bonds. The van der Waals surface area contributed by atoms with Crippen LogP contribution in [-0.2, 0) is 6.42 Å². The zero-order chi connectivity index (χ0) is 14.1. The zero-order valence-electron chi connectivity index (χ0n) is 11.1. The van der Waals surface area contributed by atoms with Gasteiger partial charge in [0.1, 0.15) is 23.5 Å². The van der Waals surface area contributed by atoms with Crippen molar-refractivity contribution in [3.63, 3.8) is 0 Å². The highest BCUT2D eigenvalue weighted by molar-refractivity contribution is 5.73. The minimum absolute atomic E-state index is 0.0552. The lowest BCUT2D eigenvalue weighted by Gasteiger charge is -2.12. The Morgan fingerprint density at radius 1 is 1.20 bits per heavy atom. The lowest BCUT2D eigenvalue weighted by Crippen LogP contribution is -2.27. The van der Waals surface area contributed by atoms with Crippen LogP contribution in [0.2, 0.25) is 0 Å². The smallest absolute Gasteiger partial charge is 0.134 e. The van der Waals surface area contributed by atoms with Crippen molar-refractivity contribution in [2.45, 2.75) is 12.5 Å². The van der Waals surface area contributed by atoms with Crippen LogP contribution in [0, 0.1) is 11.6 Å². The number of likely N-dealkylation sites (N-methyl/N-ethyl adjacent to an activating group) is 1. The predicted molar refractivity (Wildman–Crippen MR) is 73.8 cm³/mol. The number of fused-ring (bicyclic) bond motifs is 1. The number of benzene rings is 2. The molecule has 1 heterocycles. The van der Waals surface area contributed by atoms with Crippen molar-refractivity contribution in [2.24, 2.45) is 0 Å². The van der Waals surface area contributed by atoms with E-state index in [1.54, 1.807) is 6.07 Å². The van der Waals surface area contributed by atoms with Crippen LogP contribution in [0.15, 0.2) is 36.4 Å². The van der Waals surface area contributed by atoms with Gasteiger partial charge >= 0.3 is 0 Å². The molecule has 1 aliphatic rings. The monoisotopic (exact) mass is 275 g/mol. The van der Waals surface area contributed by atoms with E-state index in [0.29, 0.717) is 16.9 Å². The first-order valence-electron chi connectivity index (χ1n) is 6.57. The molecule has 0 spiro atoms. The summed E-state index contributed by atoms with van der Waals surface area (Å²) in [5, 5.41) is 3.07. The Hall–Kier alpha value is -1.94. The second kappa shape index (κ2) is 5.21. The van der Waals surface area contributed by atoms with E-state index in [9.17, 15) is 8.78 Å². The molecule has 1 aliphatic heterocycles. The number of hydrogen-bond acceptors (Lipinski definition) is 2. The molecule has 1 atom stereocenters. The van der Waals surface area contributed by atoms with E-state index in [-0.39, 0.29) is 6.10 Å². The van der Waals surface area contributed by atoms with Gasteiger partial charge < -0.3 is 10.1 Å². The van der Waals surface area contributed by atoms with Crippen LogP contribution in [0.1, 0.15) is 5.56 Å². The maximum atomic E-state index is 13.9. The molecule has 0 bridgehead atoms. The van der Waals surface area contributed by atoms with E-state index >= 15 is 0 Å². The Labute approximate surface area is 116 Å². The Morgan fingerprint density at radius 2 is 2.05 bits per heavy atom. The van der Waals surface area contributed by atoms with E-state index in [1.807, 2.05) is 19.2 Å². The van der Waals surface area contributed by atoms with Crippen molar-refractivity contribution >= 4 is 0 Å². The fraction of sp³-hybridized carbons (Fsp3) is 0.250. The van der Waals surface area contributed by atoms with Crippen molar-refractivity contribution in [1.82, 2.24) is 5.32 Å². The van der Waals surface area contributed by atoms with Gasteiger partial charge in [-0.05, 0) is 24.7 Å². The van der Waals surface area contributed by atoms with Crippen LogP contribution in [0.25, 0.3) is 11.1 Å². The van der Waals surface area contributed by atoms with Gasteiger partial charge in [0, 0.05) is 30.2 Å². The number of para-hydroxylation sites is 1. The van der Waals surface area contributed by atoms with E-state index in [1.165, 1.54) is 12.1 Å². The van der Waals surface area contributed by atoms with Crippen molar-refractivity contribution < 1.29 is 13.5 Å². The Bertz CT molecular complexity index is 642. The summed E-state index contributed by atoms with van der Waals surface area (Å²) in [6.45, 7) is 0.736. The lowest BCUT2D eigenvalue weighted by atomic mass is 10.00. The fourth-order valence-electron chi connectivity index (χ4n) is 2.60. The molecule has 2 aromatic rings. The summed E-state index contributed by atoms with van der Waals surface area (Å²) in [4.78, 5) is 0. The Balaban J connectivity index is 2.03. The van der Waals surface area contributed by atoms with Crippen LogP contribution in [0.3, 0.4) is 0 Å².